The van der Waals surface area contributed by atoms with E-state index in [0.29, 0.717) is 0 Å². The number of benzene rings is 1. The third kappa shape index (κ3) is 1.45. The average molecular weight is 217 g/mol. The maximum atomic E-state index is 9.00. The summed E-state index contributed by atoms with van der Waals surface area (Å²) in [4.78, 5) is 0. The van der Waals surface area contributed by atoms with Gasteiger partial charge in [0, 0.05) is 18.4 Å². The van der Waals surface area contributed by atoms with Crippen molar-refractivity contribution < 1.29 is 5.11 Å². The Labute approximate surface area is 87.3 Å². The second-order valence-corrected chi connectivity index (χ2v) is 4.80. The van der Waals surface area contributed by atoms with E-state index in [1.165, 1.54) is 0 Å². The highest BCUT2D eigenvalue weighted by Gasteiger charge is 2.63. The van der Waals surface area contributed by atoms with E-state index in [2.05, 4.69) is 0 Å². The smallest absolute Gasteiger partial charge is 0.131 e. The topological polar surface area (TPSA) is 20.2 Å². The van der Waals surface area contributed by atoms with Crippen LogP contribution < -0.4 is 0 Å². The van der Waals surface area contributed by atoms with Crippen molar-refractivity contribution in [1.29, 1.82) is 0 Å². The molecule has 0 radical (unpaired) electrons. The van der Waals surface area contributed by atoms with Crippen molar-refractivity contribution >= 4 is 23.2 Å². The number of aliphatic hydroxyl groups is 1. The molecule has 0 amide bonds. The summed E-state index contributed by atoms with van der Waals surface area (Å²) < 4.78 is -0.768. The molecule has 3 heteroatoms. The lowest BCUT2D eigenvalue weighted by Gasteiger charge is -1.98. The van der Waals surface area contributed by atoms with Gasteiger partial charge in [-0.15, -0.1) is 23.2 Å². The summed E-state index contributed by atoms with van der Waals surface area (Å²) in [6, 6.07) is 9.82. The van der Waals surface area contributed by atoms with E-state index in [4.69, 9.17) is 28.3 Å². The summed E-state index contributed by atoms with van der Waals surface area (Å²) in [6.07, 6.45) is 0. The lowest BCUT2D eigenvalue weighted by molar-refractivity contribution is 0.273. The van der Waals surface area contributed by atoms with Gasteiger partial charge >= 0.3 is 0 Å². The van der Waals surface area contributed by atoms with Gasteiger partial charge in [0.1, 0.15) is 4.33 Å². The van der Waals surface area contributed by atoms with Gasteiger partial charge in [-0.2, -0.15) is 0 Å². The molecule has 0 saturated heterocycles. The molecule has 13 heavy (non-hydrogen) atoms. The molecular weight excluding hydrogens is 207 g/mol. The molecule has 1 aliphatic carbocycles. The quantitative estimate of drug-likeness (QED) is 0.755. The minimum atomic E-state index is -0.768. The Morgan fingerprint density at radius 2 is 1.85 bits per heavy atom. The van der Waals surface area contributed by atoms with Crippen LogP contribution in [0.15, 0.2) is 30.3 Å². The lowest BCUT2D eigenvalue weighted by Crippen LogP contribution is -1.93. The van der Waals surface area contributed by atoms with Gasteiger partial charge in [-0.3, -0.25) is 0 Å². The fraction of sp³-hybridized carbons (Fsp3) is 0.400. The first-order valence-electron chi connectivity index (χ1n) is 4.21. The summed E-state index contributed by atoms with van der Waals surface area (Å²) in [5, 5.41) is 9.00. The van der Waals surface area contributed by atoms with E-state index >= 15 is 0 Å². The molecule has 0 aromatic heterocycles. The molecule has 1 aromatic rings. The van der Waals surface area contributed by atoms with E-state index in [-0.39, 0.29) is 18.4 Å². The first-order chi connectivity index (χ1) is 6.18. The van der Waals surface area contributed by atoms with E-state index in [1.54, 1.807) is 0 Å². The first-order valence-corrected chi connectivity index (χ1v) is 4.97. The molecule has 70 valence electrons. The predicted octanol–water partition coefficient (Wildman–Crippen LogP) is 2.57. The minimum Gasteiger partial charge on any atom is -0.396 e. The number of alkyl halides is 2. The predicted molar refractivity (Wildman–Crippen MR) is 54.2 cm³/mol. The number of hydrogen-bond donors (Lipinski definition) is 1. The summed E-state index contributed by atoms with van der Waals surface area (Å²) in [5.41, 5.74) is 1.10. The van der Waals surface area contributed by atoms with Crippen LogP contribution in [0.2, 0.25) is 0 Å². The van der Waals surface area contributed by atoms with Crippen molar-refractivity contribution in [2.24, 2.45) is 5.92 Å². The molecule has 1 aliphatic rings. The van der Waals surface area contributed by atoms with Crippen LogP contribution in [0.4, 0.5) is 0 Å². The summed E-state index contributed by atoms with van der Waals surface area (Å²) >= 11 is 12.0. The van der Waals surface area contributed by atoms with Crippen molar-refractivity contribution in [2.45, 2.75) is 10.3 Å². The highest BCUT2D eigenvalue weighted by atomic mass is 35.5. The Morgan fingerprint density at radius 3 is 2.31 bits per heavy atom. The molecule has 2 atom stereocenters. The molecule has 1 saturated carbocycles. The van der Waals surface area contributed by atoms with Crippen LogP contribution in [0, 0.1) is 5.92 Å². The Kier molecular flexibility index (Phi) is 2.26. The number of halogens is 2. The van der Waals surface area contributed by atoms with Gasteiger partial charge in [-0.05, 0) is 5.56 Å². The molecule has 0 bridgehead atoms. The van der Waals surface area contributed by atoms with Crippen LogP contribution in [0.1, 0.15) is 11.5 Å². The monoisotopic (exact) mass is 216 g/mol. The SMILES string of the molecule is OC[C@@H]1[C@@H](c2ccccc2)C1(Cl)Cl. The Hall–Kier alpha value is -0.240. The molecule has 0 heterocycles. The Balaban J connectivity index is 2.22. The van der Waals surface area contributed by atoms with E-state index in [1.807, 2.05) is 30.3 Å². The summed E-state index contributed by atoms with van der Waals surface area (Å²) in [5.74, 6) is 0.0697. The fourth-order valence-electron chi connectivity index (χ4n) is 1.73. The molecule has 2 rings (SSSR count). The van der Waals surface area contributed by atoms with Gasteiger partial charge in [-0.1, -0.05) is 30.3 Å². The van der Waals surface area contributed by atoms with Gasteiger partial charge < -0.3 is 5.11 Å². The molecular formula is C10H10Cl2O. The highest BCUT2D eigenvalue weighted by Crippen LogP contribution is 2.64. The summed E-state index contributed by atoms with van der Waals surface area (Å²) in [7, 11) is 0. The lowest BCUT2D eigenvalue weighted by atomic mass is 10.1. The average Bonchev–Trinajstić information content (AvgIpc) is 2.69. The minimum absolute atomic E-state index is 0.0155. The third-order valence-corrected chi connectivity index (χ3v) is 3.59. The van der Waals surface area contributed by atoms with Crippen LogP contribution in [-0.4, -0.2) is 16.0 Å². The van der Waals surface area contributed by atoms with Gasteiger partial charge in [0.2, 0.25) is 0 Å². The van der Waals surface area contributed by atoms with E-state index in [9.17, 15) is 0 Å². The zero-order chi connectivity index (χ0) is 9.47. The van der Waals surface area contributed by atoms with Crippen LogP contribution >= 0.6 is 23.2 Å². The van der Waals surface area contributed by atoms with Crippen LogP contribution in [-0.2, 0) is 0 Å². The normalized spacial score (nSPS) is 30.1. The van der Waals surface area contributed by atoms with Crippen molar-refractivity contribution in [3.63, 3.8) is 0 Å². The second kappa shape index (κ2) is 3.16. The standard InChI is InChI=1S/C10H10Cl2O/c11-10(12)8(6-13)9(10)7-4-2-1-3-5-7/h1-5,8-9,13H,6H2/t8-,9-/m1/s1. The maximum absolute atomic E-state index is 9.00. The van der Waals surface area contributed by atoms with Crippen LogP contribution in [0.3, 0.4) is 0 Å². The third-order valence-electron chi connectivity index (χ3n) is 2.56. The van der Waals surface area contributed by atoms with Gasteiger partial charge in [0.05, 0.1) is 0 Å². The fourth-order valence-corrected chi connectivity index (χ4v) is 2.55. The molecule has 0 spiro atoms. The van der Waals surface area contributed by atoms with Gasteiger partial charge in [0.25, 0.3) is 0 Å². The Bertz CT molecular complexity index is 297. The van der Waals surface area contributed by atoms with Gasteiger partial charge in [0.15, 0.2) is 0 Å². The van der Waals surface area contributed by atoms with Crippen molar-refractivity contribution in [2.75, 3.05) is 6.61 Å². The molecule has 1 N–H and O–H groups in total. The van der Waals surface area contributed by atoms with Gasteiger partial charge in [-0.25, -0.2) is 0 Å². The molecule has 1 aromatic carbocycles. The molecule has 1 nitrogen and oxygen atoms in total. The van der Waals surface area contributed by atoms with Crippen LogP contribution in [0.25, 0.3) is 0 Å². The zero-order valence-electron chi connectivity index (χ0n) is 6.95. The molecule has 0 aliphatic heterocycles. The number of hydrogen-bond acceptors (Lipinski definition) is 1. The maximum Gasteiger partial charge on any atom is 0.131 e. The number of rotatable bonds is 2. The van der Waals surface area contributed by atoms with Crippen molar-refractivity contribution in [1.82, 2.24) is 0 Å². The highest BCUT2D eigenvalue weighted by molar-refractivity contribution is 6.51. The summed E-state index contributed by atoms with van der Waals surface area (Å²) in [6.45, 7) is 0.0482. The first kappa shape index (κ1) is 9.32. The van der Waals surface area contributed by atoms with Crippen molar-refractivity contribution in [3.05, 3.63) is 35.9 Å². The largest absolute Gasteiger partial charge is 0.396 e. The zero-order valence-corrected chi connectivity index (χ0v) is 8.46. The molecule has 1 fully saturated rings. The van der Waals surface area contributed by atoms with Crippen molar-refractivity contribution in [3.8, 4) is 0 Å². The van der Waals surface area contributed by atoms with Crippen LogP contribution in [0.5, 0.6) is 0 Å². The Morgan fingerprint density at radius 1 is 1.23 bits per heavy atom. The molecule has 0 unspecified atom stereocenters. The van der Waals surface area contributed by atoms with E-state index in [0.717, 1.165) is 5.56 Å². The second-order valence-electron chi connectivity index (χ2n) is 3.35. The number of aliphatic hydroxyl groups excluding tert-OH is 1. The van der Waals surface area contributed by atoms with E-state index < -0.39 is 4.33 Å².